The van der Waals surface area contributed by atoms with Gasteiger partial charge in [-0.2, -0.15) is 0 Å². The third-order valence-electron chi connectivity index (χ3n) is 2.85. The van der Waals surface area contributed by atoms with Gasteiger partial charge in [-0.15, -0.1) is 23.4 Å². The summed E-state index contributed by atoms with van der Waals surface area (Å²) in [5.41, 5.74) is 1.40. The number of alkyl halides is 1. The molecule has 0 unspecified atom stereocenters. The zero-order valence-corrected chi connectivity index (χ0v) is 11.8. The van der Waals surface area contributed by atoms with Crippen molar-refractivity contribution >= 4 is 34.1 Å². The van der Waals surface area contributed by atoms with E-state index in [0.717, 1.165) is 5.75 Å². The minimum absolute atomic E-state index is 0.588. The molecule has 17 heavy (non-hydrogen) atoms. The smallest absolute Gasteiger partial charge is 0.0317 e. The lowest BCUT2D eigenvalue weighted by Crippen LogP contribution is -1.87. The summed E-state index contributed by atoms with van der Waals surface area (Å²) in [5, 5.41) is 2.64. The summed E-state index contributed by atoms with van der Waals surface area (Å²) >= 11 is 7.52. The van der Waals surface area contributed by atoms with E-state index in [1.165, 1.54) is 21.2 Å². The molecule has 2 rings (SSSR count). The molecule has 0 atom stereocenters. The van der Waals surface area contributed by atoms with E-state index in [2.05, 4.69) is 50.2 Å². The minimum Gasteiger partial charge on any atom is -0.126 e. The van der Waals surface area contributed by atoms with Crippen LogP contribution in [0.15, 0.2) is 41.3 Å². The standard InChI is InChI=1S/C15H17ClS/c1-11(2)12-3-4-14-10-15(17-8-7-16)6-5-13(14)9-12/h3-6,9-11H,7-8H2,1-2H3. The lowest BCUT2D eigenvalue weighted by Gasteiger charge is -2.08. The molecule has 0 bridgehead atoms. The van der Waals surface area contributed by atoms with Crippen LogP contribution >= 0.6 is 23.4 Å². The van der Waals surface area contributed by atoms with Crippen LogP contribution in [0.2, 0.25) is 0 Å². The van der Waals surface area contributed by atoms with Gasteiger partial charge in [-0.1, -0.05) is 38.1 Å². The van der Waals surface area contributed by atoms with Gasteiger partial charge in [0.2, 0.25) is 0 Å². The Morgan fingerprint density at radius 3 is 2.47 bits per heavy atom. The van der Waals surface area contributed by atoms with Crippen molar-refractivity contribution in [1.29, 1.82) is 0 Å². The topological polar surface area (TPSA) is 0 Å². The van der Waals surface area contributed by atoms with Gasteiger partial charge in [0.1, 0.15) is 0 Å². The molecule has 0 aliphatic rings. The largest absolute Gasteiger partial charge is 0.126 e. The van der Waals surface area contributed by atoms with Gasteiger partial charge < -0.3 is 0 Å². The van der Waals surface area contributed by atoms with Crippen LogP contribution in [0, 0.1) is 0 Å². The molecule has 0 aromatic heterocycles. The quantitative estimate of drug-likeness (QED) is 0.534. The molecule has 0 aliphatic carbocycles. The molecule has 2 aromatic carbocycles. The highest BCUT2D eigenvalue weighted by Gasteiger charge is 2.02. The Hall–Kier alpha value is -0.660. The summed E-state index contributed by atoms with van der Waals surface area (Å²) in [6, 6.07) is 13.4. The lowest BCUT2D eigenvalue weighted by molar-refractivity contribution is 0.869. The van der Waals surface area contributed by atoms with E-state index in [0.29, 0.717) is 11.8 Å². The number of benzene rings is 2. The average Bonchev–Trinajstić information content (AvgIpc) is 2.35. The Morgan fingerprint density at radius 2 is 1.76 bits per heavy atom. The van der Waals surface area contributed by atoms with Gasteiger partial charge in [0.15, 0.2) is 0 Å². The van der Waals surface area contributed by atoms with Crippen LogP contribution in [-0.2, 0) is 0 Å². The van der Waals surface area contributed by atoms with Crippen molar-refractivity contribution in [3.05, 3.63) is 42.0 Å². The molecule has 0 nitrogen and oxygen atoms in total. The number of hydrogen-bond acceptors (Lipinski definition) is 1. The van der Waals surface area contributed by atoms with Gasteiger partial charge in [-0.25, -0.2) is 0 Å². The molecule has 90 valence electrons. The average molecular weight is 265 g/mol. The van der Waals surface area contributed by atoms with Crippen LogP contribution in [0.25, 0.3) is 10.8 Å². The third kappa shape index (κ3) is 3.17. The Kier molecular flexibility index (Phi) is 4.36. The monoisotopic (exact) mass is 264 g/mol. The number of fused-ring (bicyclic) bond motifs is 1. The van der Waals surface area contributed by atoms with Crippen LogP contribution in [0.1, 0.15) is 25.3 Å². The first-order valence-corrected chi connectivity index (χ1v) is 7.45. The van der Waals surface area contributed by atoms with Gasteiger partial charge in [0, 0.05) is 16.5 Å². The van der Waals surface area contributed by atoms with Gasteiger partial charge in [-0.05, 0) is 34.4 Å². The summed E-state index contributed by atoms with van der Waals surface area (Å²) in [6.45, 7) is 4.46. The summed E-state index contributed by atoms with van der Waals surface area (Å²) in [5.74, 6) is 2.26. The van der Waals surface area contributed by atoms with Crippen LogP contribution in [0.4, 0.5) is 0 Å². The van der Waals surface area contributed by atoms with Gasteiger partial charge in [0.25, 0.3) is 0 Å². The van der Waals surface area contributed by atoms with Crippen LogP contribution < -0.4 is 0 Å². The third-order valence-corrected chi connectivity index (χ3v) is 4.26. The summed E-state index contributed by atoms with van der Waals surface area (Å²) < 4.78 is 0. The van der Waals surface area contributed by atoms with Crippen molar-refractivity contribution in [2.75, 3.05) is 11.6 Å². The fraction of sp³-hybridized carbons (Fsp3) is 0.333. The molecule has 0 fully saturated rings. The maximum Gasteiger partial charge on any atom is 0.0317 e. The van der Waals surface area contributed by atoms with E-state index in [-0.39, 0.29) is 0 Å². The molecule has 0 radical (unpaired) electrons. The molecule has 0 aliphatic heterocycles. The molecule has 0 saturated carbocycles. The van der Waals surface area contributed by atoms with E-state index in [1.807, 2.05) is 11.8 Å². The highest BCUT2D eigenvalue weighted by molar-refractivity contribution is 7.99. The summed E-state index contributed by atoms with van der Waals surface area (Å²) in [4.78, 5) is 1.30. The van der Waals surface area contributed by atoms with Gasteiger partial charge >= 0.3 is 0 Å². The van der Waals surface area contributed by atoms with Gasteiger partial charge in [0.05, 0.1) is 0 Å². The Morgan fingerprint density at radius 1 is 1.06 bits per heavy atom. The van der Waals surface area contributed by atoms with E-state index >= 15 is 0 Å². The highest BCUT2D eigenvalue weighted by Crippen LogP contribution is 2.26. The maximum atomic E-state index is 5.70. The molecule has 0 amide bonds. The summed E-state index contributed by atoms with van der Waals surface area (Å²) in [6.07, 6.45) is 0. The molecule has 0 spiro atoms. The first kappa shape index (κ1) is 12.8. The SMILES string of the molecule is CC(C)c1ccc2cc(SCCCl)ccc2c1. The zero-order chi connectivity index (χ0) is 12.3. The molecule has 0 heterocycles. The Bertz CT molecular complexity index is 505. The molecular weight excluding hydrogens is 248 g/mol. The van der Waals surface area contributed by atoms with Crippen LogP contribution in [0.5, 0.6) is 0 Å². The van der Waals surface area contributed by atoms with Crippen molar-refractivity contribution in [2.45, 2.75) is 24.7 Å². The van der Waals surface area contributed by atoms with Crippen LogP contribution in [-0.4, -0.2) is 11.6 Å². The molecule has 0 saturated heterocycles. The second-order valence-electron chi connectivity index (χ2n) is 4.46. The fourth-order valence-corrected chi connectivity index (χ4v) is 2.77. The fourth-order valence-electron chi connectivity index (χ4n) is 1.85. The Balaban J connectivity index is 2.33. The number of halogens is 1. The van der Waals surface area contributed by atoms with Gasteiger partial charge in [-0.3, -0.25) is 0 Å². The second kappa shape index (κ2) is 5.79. The van der Waals surface area contributed by atoms with Crippen molar-refractivity contribution in [1.82, 2.24) is 0 Å². The van der Waals surface area contributed by atoms with E-state index in [4.69, 9.17) is 11.6 Å². The number of hydrogen-bond donors (Lipinski definition) is 0. The lowest BCUT2D eigenvalue weighted by atomic mass is 9.99. The predicted molar refractivity (Wildman–Crippen MR) is 79.5 cm³/mol. The van der Waals surface area contributed by atoms with E-state index in [9.17, 15) is 0 Å². The molecule has 0 N–H and O–H groups in total. The number of rotatable bonds is 4. The molecule has 2 heteroatoms. The Labute approximate surface area is 112 Å². The van der Waals surface area contributed by atoms with E-state index < -0.39 is 0 Å². The predicted octanol–water partition coefficient (Wildman–Crippen LogP) is 5.29. The first-order chi connectivity index (χ1) is 8.20. The minimum atomic E-state index is 0.588. The van der Waals surface area contributed by atoms with Crippen molar-refractivity contribution in [3.63, 3.8) is 0 Å². The van der Waals surface area contributed by atoms with Crippen molar-refractivity contribution in [2.24, 2.45) is 0 Å². The number of thioether (sulfide) groups is 1. The molecular formula is C15H17ClS. The summed E-state index contributed by atoms with van der Waals surface area (Å²) in [7, 11) is 0. The zero-order valence-electron chi connectivity index (χ0n) is 10.2. The van der Waals surface area contributed by atoms with Crippen LogP contribution in [0.3, 0.4) is 0 Å². The normalized spacial score (nSPS) is 11.3. The van der Waals surface area contributed by atoms with Crippen molar-refractivity contribution < 1.29 is 0 Å². The molecule has 2 aromatic rings. The maximum absolute atomic E-state index is 5.70. The highest BCUT2D eigenvalue weighted by atomic mass is 35.5. The first-order valence-electron chi connectivity index (χ1n) is 5.93. The van der Waals surface area contributed by atoms with E-state index in [1.54, 1.807) is 0 Å². The second-order valence-corrected chi connectivity index (χ2v) is 6.01. The van der Waals surface area contributed by atoms with Crippen molar-refractivity contribution in [3.8, 4) is 0 Å².